The van der Waals surface area contributed by atoms with Crippen LogP contribution in [0, 0.1) is 0 Å². The lowest BCUT2D eigenvalue weighted by atomic mass is 9.84. The number of likely N-dealkylation sites (N-methyl/N-ethyl adjacent to an activating group) is 1. The molecule has 0 aromatic heterocycles. The van der Waals surface area contributed by atoms with Crippen molar-refractivity contribution >= 4 is 6.09 Å². The zero-order valence-corrected chi connectivity index (χ0v) is 13.4. The summed E-state index contributed by atoms with van der Waals surface area (Å²) in [5.41, 5.74) is 1.22. The zero-order valence-electron chi connectivity index (χ0n) is 13.4. The smallest absolute Gasteiger partial charge is 0.404 e. The van der Waals surface area contributed by atoms with Crippen LogP contribution in [0.2, 0.25) is 0 Å². The molecule has 2 N–H and O–H groups in total. The van der Waals surface area contributed by atoms with Gasteiger partial charge in [-0.3, -0.25) is 4.90 Å². The second kappa shape index (κ2) is 6.86. The normalized spacial score (nSPS) is 26.5. The maximum absolute atomic E-state index is 11.2. The van der Waals surface area contributed by atoms with Crippen LogP contribution in [-0.2, 0) is 16.0 Å². The van der Waals surface area contributed by atoms with E-state index in [0.29, 0.717) is 19.6 Å². The van der Waals surface area contributed by atoms with Crippen LogP contribution in [0.3, 0.4) is 0 Å². The fraction of sp³-hybridized carbons (Fsp3) is 0.588. The highest BCUT2D eigenvalue weighted by molar-refractivity contribution is 5.65. The Morgan fingerprint density at radius 1 is 1.35 bits per heavy atom. The lowest BCUT2D eigenvalue weighted by Crippen LogP contribution is -2.57. The predicted molar refractivity (Wildman–Crippen MR) is 85.1 cm³/mol. The van der Waals surface area contributed by atoms with Crippen molar-refractivity contribution < 1.29 is 19.4 Å². The third kappa shape index (κ3) is 3.83. The van der Waals surface area contributed by atoms with Gasteiger partial charge in [-0.15, -0.1) is 0 Å². The largest absolute Gasteiger partial charge is 0.465 e. The summed E-state index contributed by atoms with van der Waals surface area (Å²) in [7, 11) is 2.04. The third-order valence-corrected chi connectivity index (χ3v) is 4.78. The molecule has 1 saturated carbocycles. The van der Waals surface area contributed by atoms with Gasteiger partial charge in [0, 0.05) is 25.4 Å². The lowest BCUT2D eigenvalue weighted by Gasteiger charge is -2.44. The number of carbonyl (C=O) groups is 1. The molecule has 2 fully saturated rings. The molecule has 1 amide bonds. The van der Waals surface area contributed by atoms with E-state index in [0.717, 1.165) is 19.4 Å². The molecule has 1 heterocycles. The molecule has 1 aliphatic heterocycles. The van der Waals surface area contributed by atoms with Crippen LogP contribution in [0.15, 0.2) is 30.3 Å². The minimum absolute atomic E-state index is 0.129. The molecular formula is C17H24N2O4. The number of ether oxygens (including phenoxy) is 2. The van der Waals surface area contributed by atoms with Gasteiger partial charge in [0.15, 0.2) is 5.79 Å². The fourth-order valence-corrected chi connectivity index (χ4v) is 3.72. The Balaban J connectivity index is 1.70. The first-order valence-corrected chi connectivity index (χ1v) is 8.09. The average Bonchev–Trinajstić information content (AvgIpc) is 2.95. The Morgan fingerprint density at radius 3 is 2.70 bits per heavy atom. The molecule has 1 aliphatic carbocycles. The van der Waals surface area contributed by atoms with E-state index in [2.05, 4.69) is 22.3 Å². The third-order valence-electron chi connectivity index (χ3n) is 4.78. The summed E-state index contributed by atoms with van der Waals surface area (Å²) in [5.74, 6) is -0.600. The molecule has 1 saturated heterocycles. The van der Waals surface area contributed by atoms with Crippen LogP contribution in [-0.4, -0.2) is 54.2 Å². The van der Waals surface area contributed by atoms with E-state index in [4.69, 9.17) is 9.47 Å². The van der Waals surface area contributed by atoms with Crippen molar-refractivity contribution in [3.8, 4) is 0 Å². The minimum Gasteiger partial charge on any atom is -0.465 e. The summed E-state index contributed by atoms with van der Waals surface area (Å²) < 4.78 is 11.5. The van der Waals surface area contributed by atoms with Crippen molar-refractivity contribution in [2.75, 3.05) is 20.3 Å². The van der Waals surface area contributed by atoms with Crippen LogP contribution >= 0.6 is 0 Å². The quantitative estimate of drug-likeness (QED) is 0.888. The second-order valence-corrected chi connectivity index (χ2v) is 6.37. The molecule has 1 spiro atoms. The highest BCUT2D eigenvalue weighted by Crippen LogP contribution is 2.37. The molecule has 6 nitrogen and oxygen atoms in total. The maximum atomic E-state index is 11.2. The number of hydrogen-bond donors (Lipinski definition) is 2. The Hall–Kier alpha value is -1.63. The summed E-state index contributed by atoms with van der Waals surface area (Å²) in [6.45, 7) is 1.96. The molecule has 2 aliphatic rings. The van der Waals surface area contributed by atoms with Gasteiger partial charge in [0.25, 0.3) is 0 Å². The summed E-state index contributed by atoms with van der Waals surface area (Å²) in [6, 6.07) is 10.1. The molecule has 23 heavy (non-hydrogen) atoms. The molecule has 1 aromatic rings. The molecule has 3 rings (SSSR count). The molecule has 6 heteroatoms. The highest BCUT2D eigenvalue weighted by Gasteiger charge is 2.46. The Morgan fingerprint density at radius 2 is 2.04 bits per heavy atom. The van der Waals surface area contributed by atoms with E-state index in [1.807, 2.05) is 25.2 Å². The van der Waals surface area contributed by atoms with E-state index < -0.39 is 11.9 Å². The Labute approximate surface area is 136 Å². The van der Waals surface area contributed by atoms with Gasteiger partial charge in [0.05, 0.1) is 19.3 Å². The zero-order chi connectivity index (χ0) is 16.3. The van der Waals surface area contributed by atoms with Crippen LogP contribution in [0.25, 0.3) is 0 Å². The minimum atomic E-state index is -0.997. The SMILES string of the molecule is CN(Cc1ccccc1)[C@H]1CCC2(C[C@@H]1NC(=O)O)OCCO2. The first-order valence-electron chi connectivity index (χ1n) is 8.09. The molecule has 0 unspecified atom stereocenters. The number of nitrogens with zero attached hydrogens (tertiary/aromatic N) is 1. The van der Waals surface area contributed by atoms with Gasteiger partial charge >= 0.3 is 6.09 Å². The molecule has 0 radical (unpaired) electrons. The second-order valence-electron chi connectivity index (χ2n) is 6.37. The fourth-order valence-electron chi connectivity index (χ4n) is 3.72. The van der Waals surface area contributed by atoms with Crippen LogP contribution in [0.4, 0.5) is 4.79 Å². The number of nitrogens with one attached hydrogen (secondary N) is 1. The first-order chi connectivity index (χ1) is 11.1. The van der Waals surface area contributed by atoms with Gasteiger partial charge in [0.1, 0.15) is 0 Å². The van der Waals surface area contributed by atoms with Gasteiger partial charge in [-0.05, 0) is 19.0 Å². The summed E-state index contributed by atoms with van der Waals surface area (Å²) in [5, 5.41) is 11.8. The number of hydrogen-bond acceptors (Lipinski definition) is 4. The van der Waals surface area contributed by atoms with Crippen molar-refractivity contribution in [3.05, 3.63) is 35.9 Å². The summed E-state index contributed by atoms with van der Waals surface area (Å²) in [6.07, 6.45) is 1.20. The standard InChI is InChI=1S/C17H24N2O4/c1-19(12-13-5-3-2-4-6-13)15-7-8-17(22-9-10-23-17)11-14(15)18-16(20)21/h2-6,14-15,18H,7-12H2,1H3,(H,20,21)/t14-,15-/m0/s1. The number of amides is 1. The highest BCUT2D eigenvalue weighted by atomic mass is 16.7. The monoisotopic (exact) mass is 320 g/mol. The van der Waals surface area contributed by atoms with Crippen molar-refractivity contribution in [2.24, 2.45) is 0 Å². The van der Waals surface area contributed by atoms with E-state index in [1.54, 1.807) is 0 Å². The topological polar surface area (TPSA) is 71.0 Å². The van der Waals surface area contributed by atoms with E-state index in [-0.39, 0.29) is 12.1 Å². The molecule has 1 aromatic carbocycles. The number of carboxylic acid groups (broad SMARTS) is 1. The van der Waals surface area contributed by atoms with E-state index in [1.165, 1.54) is 5.56 Å². The van der Waals surface area contributed by atoms with Crippen molar-refractivity contribution in [3.63, 3.8) is 0 Å². The van der Waals surface area contributed by atoms with Crippen LogP contribution in [0.1, 0.15) is 24.8 Å². The van der Waals surface area contributed by atoms with Gasteiger partial charge in [-0.2, -0.15) is 0 Å². The Bertz CT molecular complexity index is 531. The molecule has 0 bridgehead atoms. The average molecular weight is 320 g/mol. The van der Waals surface area contributed by atoms with Gasteiger partial charge in [-0.25, -0.2) is 4.79 Å². The lowest BCUT2D eigenvalue weighted by molar-refractivity contribution is -0.189. The number of rotatable bonds is 4. The van der Waals surface area contributed by atoms with Gasteiger partial charge < -0.3 is 19.9 Å². The predicted octanol–water partition coefficient (Wildman–Crippen LogP) is 2.05. The summed E-state index contributed by atoms with van der Waals surface area (Å²) in [4.78, 5) is 13.4. The van der Waals surface area contributed by atoms with Gasteiger partial charge in [0.2, 0.25) is 0 Å². The van der Waals surface area contributed by atoms with Crippen molar-refractivity contribution in [1.82, 2.24) is 10.2 Å². The van der Waals surface area contributed by atoms with Gasteiger partial charge in [-0.1, -0.05) is 30.3 Å². The van der Waals surface area contributed by atoms with Crippen molar-refractivity contribution in [2.45, 2.75) is 43.7 Å². The molecule has 126 valence electrons. The van der Waals surface area contributed by atoms with Crippen molar-refractivity contribution in [1.29, 1.82) is 0 Å². The molecular weight excluding hydrogens is 296 g/mol. The van der Waals surface area contributed by atoms with Crippen LogP contribution < -0.4 is 5.32 Å². The summed E-state index contributed by atoms with van der Waals surface area (Å²) >= 11 is 0. The van der Waals surface area contributed by atoms with E-state index in [9.17, 15) is 9.90 Å². The Kier molecular flexibility index (Phi) is 4.84. The van der Waals surface area contributed by atoms with Crippen LogP contribution in [0.5, 0.6) is 0 Å². The first kappa shape index (κ1) is 16.2. The number of benzene rings is 1. The maximum Gasteiger partial charge on any atom is 0.404 e. The molecule has 2 atom stereocenters. The van der Waals surface area contributed by atoms with E-state index >= 15 is 0 Å².